The average Bonchev–Trinajstić information content (AvgIpc) is 1.74. The molecule has 0 aliphatic carbocycles. The van der Waals surface area contributed by atoms with Crippen molar-refractivity contribution in [3.8, 4) is 0 Å². The molecule has 0 fully saturated rings. The molecule has 1 unspecified atom stereocenters. The molecular formula is C9H20ClO4P. The molecule has 0 aliphatic rings. The predicted molar refractivity (Wildman–Crippen MR) is 61.2 cm³/mol. The first kappa shape index (κ1) is 15.4. The van der Waals surface area contributed by atoms with Gasteiger partial charge < -0.3 is 4.89 Å². The maximum atomic E-state index is 11.6. The van der Waals surface area contributed by atoms with Gasteiger partial charge in [0.2, 0.25) is 0 Å². The number of hydrogen-bond donors (Lipinski definition) is 1. The summed E-state index contributed by atoms with van der Waals surface area (Å²) in [5.74, 6) is 0.364. The lowest BCUT2D eigenvalue weighted by Gasteiger charge is -2.29. The molecule has 0 aromatic heterocycles. The van der Waals surface area contributed by atoms with E-state index < -0.39 is 19.0 Å². The normalized spacial score (nSPS) is 17.5. The Morgan fingerprint density at radius 1 is 1.20 bits per heavy atom. The molecule has 0 aromatic carbocycles. The Bertz CT molecular complexity index is 247. The van der Waals surface area contributed by atoms with Crippen molar-refractivity contribution in [2.45, 2.75) is 52.2 Å². The second-order valence-electron chi connectivity index (χ2n) is 4.96. The van der Waals surface area contributed by atoms with Crippen molar-refractivity contribution in [1.29, 1.82) is 0 Å². The minimum Gasteiger partial charge on any atom is -0.302 e. The van der Waals surface area contributed by atoms with Gasteiger partial charge in [0.05, 0.1) is 11.2 Å². The van der Waals surface area contributed by atoms with Crippen molar-refractivity contribution in [1.82, 2.24) is 0 Å². The lowest BCUT2D eigenvalue weighted by Crippen LogP contribution is -2.26. The van der Waals surface area contributed by atoms with Crippen LogP contribution in [-0.2, 0) is 13.6 Å². The van der Waals surface area contributed by atoms with Crippen LogP contribution in [0.1, 0.15) is 41.0 Å². The maximum absolute atomic E-state index is 11.6. The van der Waals surface area contributed by atoms with E-state index in [9.17, 15) is 9.46 Å². The van der Waals surface area contributed by atoms with Gasteiger partial charge in [-0.1, -0.05) is 0 Å². The molecule has 92 valence electrons. The van der Waals surface area contributed by atoms with E-state index >= 15 is 0 Å². The monoisotopic (exact) mass is 258 g/mol. The topological polar surface area (TPSA) is 55.8 Å². The van der Waals surface area contributed by atoms with E-state index in [-0.39, 0.29) is 0 Å². The van der Waals surface area contributed by atoms with Gasteiger partial charge in [-0.05, 0) is 41.0 Å². The van der Waals surface area contributed by atoms with Gasteiger partial charge in [-0.2, -0.15) is 0 Å². The molecule has 0 radical (unpaired) electrons. The largest absolute Gasteiger partial charge is 0.473 e. The molecule has 15 heavy (non-hydrogen) atoms. The third-order valence-electron chi connectivity index (χ3n) is 1.45. The summed E-state index contributed by atoms with van der Waals surface area (Å²) in [7, 11) is -4.02. The van der Waals surface area contributed by atoms with E-state index in [4.69, 9.17) is 20.6 Å². The van der Waals surface area contributed by atoms with Crippen LogP contribution in [0.5, 0.6) is 0 Å². The summed E-state index contributed by atoms with van der Waals surface area (Å²) < 4.78 is 21.6. The smallest absolute Gasteiger partial charge is 0.302 e. The molecule has 0 amide bonds. The highest BCUT2D eigenvalue weighted by atomic mass is 35.5. The van der Waals surface area contributed by atoms with Crippen molar-refractivity contribution >= 4 is 19.4 Å². The van der Waals surface area contributed by atoms with Crippen LogP contribution in [0.25, 0.3) is 0 Å². The number of alkyl halides is 1. The zero-order chi connectivity index (χ0) is 12.3. The average molecular weight is 259 g/mol. The summed E-state index contributed by atoms with van der Waals surface area (Å²) in [4.78, 5) is 9.48. The van der Waals surface area contributed by atoms with Crippen molar-refractivity contribution in [3.05, 3.63) is 0 Å². The molecule has 1 N–H and O–H groups in total. The molecule has 0 spiro atoms. The Hall–Kier alpha value is 0.400. The van der Waals surface area contributed by atoms with Crippen LogP contribution in [-0.4, -0.2) is 22.0 Å². The van der Waals surface area contributed by atoms with Crippen LogP contribution in [0.15, 0.2) is 0 Å². The first-order chi connectivity index (χ1) is 6.47. The van der Waals surface area contributed by atoms with Gasteiger partial charge in [0, 0.05) is 5.88 Å². The Labute approximate surface area is 96.5 Å². The lowest BCUT2D eigenvalue weighted by molar-refractivity contribution is 0.00960. The highest BCUT2D eigenvalue weighted by molar-refractivity contribution is 7.47. The Kier molecular flexibility index (Phi) is 5.29. The maximum Gasteiger partial charge on any atom is 0.473 e. The van der Waals surface area contributed by atoms with Gasteiger partial charge in [0.25, 0.3) is 0 Å². The van der Waals surface area contributed by atoms with E-state index in [1.807, 2.05) is 0 Å². The third-order valence-corrected chi connectivity index (χ3v) is 3.14. The molecule has 6 heteroatoms. The Morgan fingerprint density at radius 2 is 1.67 bits per heavy atom. The van der Waals surface area contributed by atoms with Gasteiger partial charge in [-0.3, -0.25) is 9.05 Å². The van der Waals surface area contributed by atoms with Gasteiger partial charge in [-0.25, -0.2) is 4.57 Å². The van der Waals surface area contributed by atoms with Crippen LogP contribution < -0.4 is 0 Å². The van der Waals surface area contributed by atoms with Crippen molar-refractivity contribution < 1.29 is 18.5 Å². The second-order valence-corrected chi connectivity index (χ2v) is 6.64. The minimum absolute atomic E-state index is 0.364. The van der Waals surface area contributed by atoms with E-state index in [1.54, 1.807) is 34.6 Å². The molecule has 0 rings (SSSR count). The number of rotatable bonds is 5. The Balaban J connectivity index is 4.44. The summed E-state index contributed by atoms with van der Waals surface area (Å²) in [6, 6.07) is 0. The van der Waals surface area contributed by atoms with E-state index in [1.165, 1.54) is 0 Å². The highest BCUT2D eigenvalue weighted by Gasteiger charge is 2.35. The Morgan fingerprint density at radius 3 is 2.00 bits per heavy atom. The molecule has 0 heterocycles. The minimum atomic E-state index is -4.02. The van der Waals surface area contributed by atoms with E-state index in [0.29, 0.717) is 12.3 Å². The fourth-order valence-electron chi connectivity index (χ4n) is 0.950. The molecule has 0 aromatic rings. The SMILES string of the molecule is CC(C)(C)OP(=O)(O)OC(C)(C)CCCl. The van der Waals surface area contributed by atoms with Crippen LogP contribution in [0.4, 0.5) is 0 Å². The molecule has 0 aliphatic heterocycles. The molecule has 0 saturated heterocycles. The summed E-state index contributed by atoms with van der Waals surface area (Å²) in [5.41, 5.74) is -1.49. The first-order valence-electron chi connectivity index (χ1n) is 4.78. The predicted octanol–water partition coefficient (Wildman–Crippen LogP) is 3.33. The quantitative estimate of drug-likeness (QED) is 0.607. The van der Waals surface area contributed by atoms with Crippen molar-refractivity contribution in [3.63, 3.8) is 0 Å². The number of hydrogen-bond acceptors (Lipinski definition) is 3. The van der Waals surface area contributed by atoms with Crippen molar-refractivity contribution in [2.75, 3.05) is 5.88 Å². The van der Waals surface area contributed by atoms with Crippen molar-refractivity contribution in [2.24, 2.45) is 0 Å². The second kappa shape index (κ2) is 5.15. The number of phosphoric acid groups is 1. The highest BCUT2D eigenvalue weighted by Crippen LogP contribution is 2.50. The van der Waals surface area contributed by atoms with E-state index in [2.05, 4.69) is 0 Å². The van der Waals surface area contributed by atoms with Crippen LogP contribution >= 0.6 is 19.4 Å². The fourth-order valence-corrected chi connectivity index (χ4v) is 2.85. The molecule has 0 saturated carbocycles. The summed E-state index contributed by atoms with van der Waals surface area (Å²) in [6.45, 7) is 8.46. The van der Waals surface area contributed by atoms with Crippen LogP contribution in [0.2, 0.25) is 0 Å². The van der Waals surface area contributed by atoms with Crippen LogP contribution in [0.3, 0.4) is 0 Å². The van der Waals surface area contributed by atoms with Gasteiger partial charge in [-0.15, -0.1) is 11.6 Å². The molecule has 0 bridgehead atoms. The summed E-state index contributed by atoms with van der Waals surface area (Å²) in [6.07, 6.45) is 0.479. The molecular weight excluding hydrogens is 239 g/mol. The number of halogens is 1. The molecule has 1 atom stereocenters. The standard InChI is InChI=1S/C9H20ClO4P/c1-8(2,3)13-15(11,12)14-9(4,5)6-7-10/h6-7H2,1-5H3,(H,11,12). The van der Waals surface area contributed by atoms with E-state index in [0.717, 1.165) is 0 Å². The zero-order valence-corrected chi connectivity index (χ0v) is 11.6. The van der Waals surface area contributed by atoms with Crippen LogP contribution in [0, 0.1) is 0 Å². The summed E-state index contributed by atoms with van der Waals surface area (Å²) >= 11 is 5.56. The lowest BCUT2D eigenvalue weighted by atomic mass is 10.1. The van der Waals surface area contributed by atoms with Gasteiger partial charge >= 0.3 is 7.82 Å². The zero-order valence-electron chi connectivity index (χ0n) is 9.91. The van der Waals surface area contributed by atoms with Gasteiger partial charge in [0.1, 0.15) is 0 Å². The number of phosphoric ester groups is 1. The third kappa shape index (κ3) is 8.23. The first-order valence-corrected chi connectivity index (χ1v) is 6.81. The van der Waals surface area contributed by atoms with Gasteiger partial charge in [0.15, 0.2) is 0 Å². The summed E-state index contributed by atoms with van der Waals surface area (Å²) in [5, 5.41) is 0. The fraction of sp³-hybridized carbons (Fsp3) is 1.00. The molecule has 4 nitrogen and oxygen atoms in total.